The fourth-order valence-electron chi connectivity index (χ4n) is 3.05. The van der Waals surface area contributed by atoms with Gasteiger partial charge in [0.05, 0.1) is 0 Å². The lowest BCUT2D eigenvalue weighted by Crippen LogP contribution is -2.40. The molecule has 1 aliphatic rings. The number of H-pyrrole nitrogens is 1. The number of rotatable bonds is 5. The zero-order chi connectivity index (χ0) is 17.1. The summed E-state index contributed by atoms with van der Waals surface area (Å²) < 4.78 is 36.3. The summed E-state index contributed by atoms with van der Waals surface area (Å²) in [5.74, 6) is 0.635. The molecule has 0 spiro atoms. The Labute approximate surface area is 141 Å². The minimum Gasteiger partial charge on any atom is -0.368 e. The number of nitrogen functional groups attached to an aromatic ring is 1. The monoisotopic (exact) mass is 354 g/mol. The molecule has 1 aliphatic heterocycles. The molecule has 3 rings (SSSR count). The molecule has 0 amide bonds. The van der Waals surface area contributed by atoms with Crippen molar-refractivity contribution in [3.8, 4) is 0 Å². The summed E-state index contributed by atoms with van der Waals surface area (Å²) in [6.45, 7) is 1.42. The molecule has 0 saturated carbocycles. The molecule has 8 nitrogen and oxygen atoms in total. The molecule has 130 valence electrons. The highest BCUT2D eigenvalue weighted by atomic mass is 32.2. The van der Waals surface area contributed by atoms with Gasteiger partial charge in [0.2, 0.25) is 23.2 Å². The van der Waals surface area contributed by atoms with Crippen molar-refractivity contribution in [2.24, 2.45) is 5.92 Å². The summed E-state index contributed by atoms with van der Waals surface area (Å²) in [5, 5.41) is 6.66. The topological polar surface area (TPSA) is 120 Å². The van der Waals surface area contributed by atoms with E-state index in [0.717, 1.165) is 18.4 Å². The first-order chi connectivity index (χ1) is 11.5. The van der Waals surface area contributed by atoms with E-state index in [4.69, 9.17) is 5.73 Å². The average molecular weight is 354 g/mol. The van der Waals surface area contributed by atoms with Gasteiger partial charge in [-0.25, -0.2) is 18.4 Å². The Balaban J connectivity index is 1.70. The van der Waals surface area contributed by atoms with Crippen molar-refractivity contribution in [2.45, 2.75) is 18.9 Å². The van der Waals surface area contributed by atoms with Crippen molar-refractivity contribution in [1.29, 1.82) is 0 Å². The Morgan fingerprint density at radius 2 is 2.04 bits per heavy atom. The second-order valence-electron chi connectivity index (χ2n) is 5.74. The molecule has 0 aliphatic carbocycles. The summed E-state index contributed by atoms with van der Waals surface area (Å²) in [4.78, 5) is 6.13. The van der Waals surface area contributed by atoms with Crippen LogP contribution in [-0.4, -0.2) is 37.0 Å². The van der Waals surface area contributed by atoms with Gasteiger partial charge in [-0.1, -0.05) is 12.1 Å². The third-order valence-corrected chi connectivity index (χ3v) is 4.70. The molecular formula is C14H19FN6O2S. The van der Waals surface area contributed by atoms with E-state index in [0.29, 0.717) is 19.0 Å². The van der Waals surface area contributed by atoms with Crippen LogP contribution in [0.15, 0.2) is 24.3 Å². The summed E-state index contributed by atoms with van der Waals surface area (Å²) in [7, 11) is 0. The number of halogens is 1. The first-order valence-electron chi connectivity index (χ1n) is 7.58. The molecule has 2 heterocycles. The van der Waals surface area contributed by atoms with Crippen LogP contribution < -0.4 is 15.4 Å². The van der Waals surface area contributed by atoms with Crippen molar-refractivity contribution in [1.82, 2.24) is 19.9 Å². The third-order valence-electron chi connectivity index (χ3n) is 4.24. The molecule has 5 N–H and O–H groups in total. The molecule has 24 heavy (non-hydrogen) atoms. The van der Waals surface area contributed by atoms with Crippen LogP contribution in [0.1, 0.15) is 24.4 Å². The van der Waals surface area contributed by atoms with Crippen LogP contribution in [0.3, 0.4) is 0 Å². The van der Waals surface area contributed by atoms with E-state index in [9.17, 15) is 13.2 Å². The van der Waals surface area contributed by atoms with Crippen molar-refractivity contribution in [3.05, 3.63) is 35.6 Å². The third kappa shape index (κ3) is 3.89. The number of aromatic nitrogens is 3. The van der Waals surface area contributed by atoms with Crippen molar-refractivity contribution < 1.29 is 13.2 Å². The smallest absolute Gasteiger partial charge is 0.246 e. The Hall–Kier alpha value is -2.04. The molecule has 2 atom stereocenters. The van der Waals surface area contributed by atoms with Crippen LogP contribution in [0.5, 0.6) is 0 Å². The molecule has 2 unspecified atom stereocenters. The van der Waals surface area contributed by atoms with Gasteiger partial charge < -0.3 is 10.6 Å². The van der Waals surface area contributed by atoms with Crippen LogP contribution >= 0.6 is 0 Å². The van der Waals surface area contributed by atoms with Gasteiger partial charge in [-0.05, 0) is 36.5 Å². The average Bonchev–Trinajstić information content (AvgIpc) is 3.00. The highest BCUT2D eigenvalue weighted by Gasteiger charge is 2.29. The summed E-state index contributed by atoms with van der Waals surface area (Å²) in [6.07, 6.45) is 1.56. The van der Waals surface area contributed by atoms with Crippen LogP contribution in [-0.2, 0) is 11.3 Å². The fraction of sp³-hybridized carbons (Fsp3) is 0.429. The second kappa shape index (κ2) is 7.24. The maximum absolute atomic E-state index is 13.1. The van der Waals surface area contributed by atoms with Crippen LogP contribution in [0, 0.1) is 11.7 Å². The molecule has 0 radical (unpaired) electrons. The van der Waals surface area contributed by atoms with Crippen molar-refractivity contribution in [2.75, 3.05) is 23.7 Å². The lowest BCUT2D eigenvalue weighted by molar-refractivity contribution is 0.323. The fourth-order valence-corrected chi connectivity index (χ4v) is 3.60. The number of benzene rings is 1. The van der Waals surface area contributed by atoms with E-state index in [-0.39, 0.29) is 23.7 Å². The minimum absolute atomic E-state index is 0.138. The number of hydrogen-bond donors (Lipinski definition) is 4. The highest BCUT2D eigenvalue weighted by molar-refractivity contribution is 7.77. The molecule has 1 aromatic carbocycles. The standard InChI is InChI=1S/C14H19FN6O2S/c15-11-3-1-9(2-4-11)12(20-24(22)23)10-5-7-21(8-6-10)14-17-13(16)18-19-14/h1-4,10,12,20H,5-8H2,(H,22,23)(H3,16,17,18,19). The molecule has 2 aromatic rings. The Kier molecular flexibility index (Phi) is 5.07. The second-order valence-corrected chi connectivity index (χ2v) is 6.48. The summed E-state index contributed by atoms with van der Waals surface area (Å²) in [6, 6.07) is 5.67. The summed E-state index contributed by atoms with van der Waals surface area (Å²) >= 11 is -2.15. The number of nitrogens with zero attached hydrogens (tertiary/aromatic N) is 3. The lowest BCUT2D eigenvalue weighted by atomic mass is 9.86. The zero-order valence-electron chi connectivity index (χ0n) is 12.9. The van der Waals surface area contributed by atoms with Gasteiger partial charge in [0.25, 0.3) is 0 Å². The van der Waals surface area contributed by atoms with Crippen molar-refractivity contribution >= 4 is 23.2 Å². The number of anilines is 2. The number of aromatic amines is 1. The van der Waals surface area contributed by atoms with E-state index in [1.807, 2.05) is 4.90 Å². The summed E-state index contributed by atoms with van der Waals surface area (Å²) in [5.41, 5.74) is 6.34. The van der Waals surface area contributed by atoms with Crippen molar-refractivity contribution in [3.63, 3.8) is 0 Å². The quantitative estimate of drug-likeness (QED) is 0.599. The molecular weight excluding hydrogens is 335 g/mol. The molecule has 10 heteroatoms. The van der Waals surface area contributed by atoms with Gasteiger partial charge in [-0.15, -0.1) is 5.10 Å². The van der Waals surface area contributed by atoms with E-state index in [1.54, 1.807) is 12.1 Å². The highest BCUT2D eigenvalue weighted by Crippen LogP contribution is 2.32. The maximum Gasteiger partial charge on any atom is 0.246 e. The van der Waals surface area contributed by atoms with Crippen LogP contribution in [0.4, 0.5) is 16.3 Å². The predicted molar refractivity (Wildman–Crippen MR) is 88.8 cm³/mol. The van der Waals surface area contributed by atoms with Gasteiger partial charge in [-0.2, -0.15) is 4.98 Å². The van der Waals surface area contributed by atoms with Crippen LogP contribution in [0.2, 0.25) is 0 Å². The molecule has 1 saturated heterocycles. The Morgan fingerprint density at radius 1 is 1.38 bits per heavy atom. The SMILES string of the molecule is Nc1nc(N2CCC(C(NS(=O)O)c3ccc(F)cc3)CC2)n[nH]1. The van der Waals surface area contributed by atoms with E-state index < -0.39 is 11.3 Å². The lowest BCUT2D eigenvalue weighted by Gasteiger charge is -2.35. The van der Waals surface area contributed by atoms with Gasteiger partial charge in [0.1, 0.15) is 5.82 Å². The van der Waals surface area contributed by atoms with Gasteiger partial charge in [-0.3, -0.25) is 4.55 Å². The Morgan fingerprint density at radius 3 is 2.58 bits per heavy atom. The Bertz CT molecular complexity index is 702. The number of hydrogen-bond acceptors (Lipinski definition) is 5. The minimum atomic E-state index is -2.15. The molecule has 1 fully saturated rings. The largest absolute Gasteiger partial charge is 0.368 e. The number of nitrogens with one attached hydrogen (secondary N) is 2. The normalized spacial score (nSPS) is 18.5. The number of nitrogens with two attached hydrogens (primary N) is 1. The number of piperidine rings is 1. The zero-order valence-corrected chi connectivity index (χ0v) is 13.7. The van der Waals surface area contributed by atoms with E-state index >= 15 is 0 Å². The predicted octanol–water partition coefficient (Wildman–Crippen LogP) is 1.21. The van der Waals surface area contributed by atoms with E-state index in [2.05, 4.69) is 19.9 Å². The maximum atomic E-state index is 13.1. The molecule has 0 bridgehead atoms. The first kappa shape index (κ1) is 16.8. The molecule has 1 aromatic heterocycles. The first-order valence-corrected chi connectivity index (χ1v) is 8.69. The van der Waals surface area contributed by atoms with Gasteiger partial charge in [0, 0.05) is 19.1 Å². The van der Waals surface area contributed by atoms with E-state index in [1.165, 1.54) is 12.1 Å². The van der Waals surface area contributed by atoms with Gasteiger partial charge >= 0.3 is 0 Å². The van der Waals surface area contributed by atoms with Gasteiger partial charge in [0.15, 0.2) is 0 Å². The van der Waals surface area contributed by atoms with Crippen LogP contribution in [0.25, 0.3) is 0 Å².